The third kappa shape index (κ3) is 6.07. The number of halogens is 2. The minimum absolute atomic E-state index is 0.246. The molecule has 3 aromatic carbocycles. The van der Waals surface area contributed by atoms with E-state index in [0.717, 1.165) is 42.8 Å². The molecule has 1 heterocycles. The number of nitrogens with one attached hydrogen (secondary N) is 1. The first-order valence-electron chi connectivity index (χ1n) is 10.8. The van der Waals surface area contributed by atoms with Crippen molar-refractivity contribution in [1.82, 2.24) is 5.43 Å². The van der Waals surface area contributed by atoms with E-state index >= 15 is 0 Å². The average molecular weight is 676 g/mol. The topological polar surface area (TPSA) is 77.7 Å². The molecule has 0 spiro atoms. The van der Waals surface area contributed by atoms with Crippen molar-refractivity contribution in [1.29, 1.82) is 5.26 Å². The number of benzene rings is 3. The summed E-state index contributed by atoms with van der Waals surface area (Å²) in [7, 11) is 0. The van der Waals surface area contributed by atoms with Crippen LogP contribution in [0.2, 0.25) is 0 Å². The van der Waals surface area contributed by atoms with E-state index in [1.165, 1.54) is 12.8 Å². The molecule has 0 atom stereocenters. The number of hydrogen-bond donors (Lipinski definition) is 1. The first-order valence-corrected chi connectivity index (χ1v) is 13.0. The molecule has 1 N–H and O–H groups in total. The van der Waals surface area contributed by atoms with Crippen LogP contribution in [0.5, 0.6) is 5.75 Å². The lowest BCUT2D eigenvalue weighted by atomic mass is 10.1. The van der Waals surface area contributed by atoms with Crippen LogP contribution < -0.4 is 15.1 Å². The Labute approximate surface area is 226 Å². The molecule has 34 heavy (non-hydrogen) atoms. The molecule has 3 aromatic rings. The number of ether oxygens (including phenoxy) is 1. The summed E-state index contributed by atoms with van der Waals surface area (Å²) in [6.07, 6.45) is 4.06. The summed E-state index contributed by atoms with van der Waals surface area (Å²) in [5.41, 5.74) is 6.63. The Morgan fingerprint density at radius 1 is 1.09 bits per heavy atom. The van der Waals surface area contributed by atoms with Crippen LogP contribution >= 0.6 is 45.2 Å². The van der Waals surface area contributed by atoms with Crippen LogP contribution in [0, 0.1) is 18.5 Å². The molecule has 1 aliphatic rings. The highest BCUT2D eigenvalue weighted by molar-refractivity contribution is 14.1. The van der Waals surface area contributed by atoms with Gasteiger partial charge in [0.2, 0.25) is 0 Å². The summed E-state index contributed by atoms with van der Waals surface area (Å²) in [4.78, 5) is 14.8. The average Bonchev–Trinajstić information content (AvgIpc) is 3.39. The van der Waals surface area contributed by atoms with Crippen molar-refractivity contribution in [3.8, 4) is 11.8 Å². The molecule has 0 saturated carbocycles. The number of hydrazone groups is 1. The van der Waals surface area contributed by atoms with E-state index in [4.69, 9.17) is 4.74 Å². The maximum absolute atomic E-state index is 12.4. The van der Waals surface area contributed by atoms with Gasteiger partial charge in [-0.25, -0.2) is 5.43 Å². The highest BCUT2D eigenvalue weighted by Crippen LogP contribution is 2.29. The Morgan fingerprint density at radius 2 is 1.76 bits per heavy atom. The lowest BCUT2D eigenvalue weighted by Crippen LogP contribution is -2.19. The molecule has 0 unspecified atom stereocenters. The summed E-state index contributed by atoms with van der Waals surface area (Å²) in [5.74, 6) is 0.512. The van der Waals surface area contributed by atoms with Gasteiger partial charge < -0.3 is 9.64 Å². The van der Waals surface area contributed by atoms with E-state index in [0.29, 0.717) is 17.7 Å². The lowest BCUT2D eigenvalue weighted by Gasteiger charge is -2.17. The number of rotatable bonds is 7. The van der Waals surface area contributed by atoms with Gasteiger partial charge in [-0.2, -0.15) is 10.4 Å². The third-order valence-electron chi connectivity index (χ3n) is 5.51. The molecule has 0 aliphatic carbocycles. The van der Waals surface area contributed by atoms with Crippen molar-refractivity contribution in [2.45, 2.75) is 19.4 Å². The molecule has 0 bridgehead atoms. The molecule has 6 nitrogen and oxygen atoms in total. The van der Waals surface area contributed by atoms with Gasteiger partial charge in [0.15, 0.2) is 0 Å². The van der Waals surface area contributed by atoms with Gasteiger partial charge in [-0.05, 0) is 106 Å². The quantitative estimate of drug-likeness (QED) is 0.198. The fourth-order valence-electron chi connectivity index (χ4n) is 3.73. The summed E-state index contributed by atoms with van der Waals surface area (Å²) < 4.78 is 7.86. The zero-order valence-corrected chi connectivity index (χ0v) is 22.6. The van der Waals surface area contributed by atoms with Gasteiger partial charge in [0.25, 0.3) is 5.91 Å². The van der Waals surface area contributed by atoms with Crippen molar-refractivity contribution in [3.63, 3.8) is 0 Å². The minimum Gasteiger partial charge on any atom is -0.487 e. The van der Waals surface area contributed by atoms with E-state index in [1.54, 1.807) is 12.3 Å². The predicted molar refractivity (Wildman–Crippen MR) is 150 cm³/mol. The Kier molecular flexibility index (Phi) is 8.39. The van der Waals surface area contributed by atoms with Crippen LogP contribution in [0.4, 0.5) is 5.69 Å². The Hall–Kier alpha value is -2.65. The van der Waals surface area contributed by atoms with E-state index < -0.39 is 0 Å². The van der Waals surface area contributed by atoms with E-state index in [9.17, 15) is 10.1 Å². The van der Waals surface area contributed by atoms with Crippen LogP contribution in [0.1, 0.15) is 39.9 Å². The molecular formula is C26H22I2N4O2. The maximum atomic E-state index is 12.4. The second-order valence-corrected chi connectivity index (χ2v) is 10.1. The summed E-state index contributed by atoms with van der Waals surface area (Å²) in [6, 6.07) is 21.1. The summed E-state index contributed by atoms with van der Waals surface area (Å²) >= 11 is 4.44. The third-order valence-corrected chi connectivity index (χ3v) is 7.11. The SMILES string of the molecule is N#Cc1ccccc1COc1c(I)cc(/C=N\NC(=O)c2ccc(N3CCCC3)cc2)cc1I. The van der Waals surface area contributed by atoms with Gasteiger partial charge in [-0.3, -0.25) is 4.79 Å². The lowest BCUT2D eigenvalue weighted by molar-refractivity contribution is 0.0955. The van der Waals surface area contributed by atoms with Gasteiger partial charge in [-0.1, -0.05) is 18.2 Å². The number of carbonyl (C=O) groups excluding carboxylic acids is 1. The number of hydrogen-bond acceptors (Lipinski definition) is 5. The van der Waals surface area contributed by atoms with Crippen molar-refractivity contribution in [2.24, 2.45) is 5.10 Å². The molecular weight excluding hydrogens is 654 g/mol. The molecule has 0 radical (unpaired) electrons. The van der Waals surface area contributed by atoms with Crippen molar-refractivity contribution < 1.29 is 9.53 Å². The molecule has 8 heteroatoms. The standard InChI is InChI=1S/C26H22I2N4O2/c27-23-13-18(14-24(28)25(23)34-17-21-6-2-1-5-20(21)15-29)16-30-31-26(33)19-7-9-22(10-8-19)32-11-3-4-12-32/h1-2,5-10,13-14,16H,3-4,11-12,17H2,(H,31,33)/b30-16-. The van der Waals surface area contributed by atoms with Gasteiger partial charge in [-0.15, -0.1) is 0 Å². The van der Waals surface area contributed by atoms with Gasteiger partial charge in [0, 0.05) is 29.9 Å². The van der Waals surface area contributed by atoms with Crippen LogP contribution in [-0.2, 0) is 6.61 Å². The second kappa shape index (κ2) is 11.7. The van der Waals surface area contributed by atoms with E-state index in [1.807, 2.05) is 54.6 Å². The monoisotopic (exact) mass is 676 g/mol. The Balaban J connectivity index is 1.36. The molecule has 172 valence electrons. The first kappa shape index (κ1) is 24.5. The largest absolute Gasteiger partial charge is 0.487 e. The summed E-state index contributed by atoms with van der Waals surface area (Å²) in [6.45, 7) is 2.46. The maximum Gasteiger partial charge on any atom is 0.271 e. The normalized spacial score (nSPS) is 13.1. The van der Waals surface area contributed by atoms with Crippen molar-refractivity contribution in [2.75, 3.05) is 18.0 Å². The Morgan fingerprint density at radius 3 is 2.44 bits per heavy atom. The van der Waals surface area contributed by atoms with Crippen molar-refractivity contribution >= 4 is 63.0 Å². The summed E-state index contributed by atoms with van der Waals surface area (Å²) in [5, 5.41) is 13.4. The first-order chi connectivity index (χ1) is 16.5. The molecule has 1 amide bonds. The fourth-order valence-corrected chi connectivity index (χ4v) is 5.85. The highest BCUT2D eigenvalue weighted by Gasteiger charge is 2.13. The van der Waals surface area contributed by atoms with Crippen LogP contribution in [0.15, 0.2) is 65.8 Å². The van der Waals surface area contributed by atoms with Crippen LogP contribution in [0.25, 0.3) is 0 Å². The number of anilines is 1. The molecule has 1 aliphatic heterocycles. The van der Waals surface area contributed by atoms with Gasteiger partial charge >= 0.3 is 0 Å². The zero-order chi connectivity index (χ0) is 23.9. The predicted octanol–water partition coefficient (Wildman–Crippen LogP) is 5.71. The van der Waals surface area contributed by atoms with Gasteiger partial charge in [0.05, 0.1) is 25.0 Å². The Bertz CT molecular complexity index is 1220. The smallest absolute Gasteiger partial charge is 0.271 e. The number of amides is 1. The number of nitriles is 1. The van der Waals surface area contributed by atoms with E-state index in [2.05, 4.69) is 66.7 Å². The molecule has 1 saturated heterocycles. The molecule has 4 rings (SSSR count). The second-order valence-electron chi connectivity index (χ2n) is 7.81. The van der Waals surface area contributed by atoms with Gasteiger partial charge in [0.1, 0.15) is 12.4 Å². The highest BCUT2D eigenvalue weighted by atomic mass is 127. The number of carbonyl (C=O) groups is 1. The minimum atomic E-state index is -0.246. The van der Waals surface area contributed by atoms with Crippen molar-refractivity contribution in [3.05, 3.63) is 90.1 Å². The fraction of sp³-hybridized carbons (Fsp3) is 0.192. The molecule has 1 fully saturated rings. The number of nitrogens with zero attached hydrogens (tertiary/aromatic N) is 3. The zero-order valence-electron chi connectivity index (χ0n) is 18.3. The molecule has 0 aromatic heterocycles. The van der Waals surface area contributed by atoms with E-state index in [-0.39, 0.29) is 5.91 Å². The van der Waals surface area contributed by atoms with Crippen LogP contribution in [0.3, 0.4) is 0 Å². The van der Waals surface area contributed by atoms with Crippen LogP contribution in [-0.4, -0.2) is 25.2 Å².